The second-order valence-corrected chi connectivity index (χ2v) is 3.98. The zero-order chi connectivity index (χ0) is 13.7. The summed E-state index contributed by atoms with van der Waals surface area (Å²) >= 11 is 0. The molecule has 1 rings (SSSR count). The van der Waals surface area contributed by atoms with Gasteiger partial charge in [0.1, 0.15) is 6.04 Å². The highest BCUT2D eigenvalue weighted by atomic mass is 16.5. The second kappa shape index (κ2) is 6.15. The molecule has 0 bridgehead atoms. The van der Waals surface area contributed by atoms with Crippen LogP contribution in [0.25, 0.3) is 0 Å². The summed E-state index contributed by atoms with van der Waals surface area (Å²) in [5, 5.41) is 11.6. The van der Waals surface area contributed by atoms with Crippen LogP contribution in [0.3, 0.4) is 0 Å². The number of nitrogens with one attached hydrogen (secondary N) is 1. The molecule has 0 amide bonds. The molecule has 1 aromatic rings. The Morgan fingerprint density at radius 2 is 2.28 bits per heavy atom. The van der Waals surface area contributed by atoms with Gasteiger partial charge in [-0.1, -0.05) is 0 Å². The van der Waals surface area contributed by atoms with Gasteiger partial charge in [-0.15, -0.1) is 0 Å². The molecular formula is C11H17N3O4. The van der Waals surface area contributed by atoms with Crippen LogP contribution < -0.4 is 10.9 Å². The Morgan fingerprint density at radius 1 is 1.61 bits per heavy atom. The van der Waals surface area contributed by atoms with Gasteiger partial charge in [0, 0.05) is 18.4 Å². The highest BCUT2D eigenvalue weighted by Crippen LogP contribution is 2.03. The molecule has 0 saturated heterocycles. The highest BCUT2D eigenvalue weighted by molar-refractivity contribution is 5.78. The molecule has 0 fully saturated rings. The Balaban J connectivity index is 3.01. The lowest BCUT2D eigenvalue weighted by atomic mass is 10.3. The van der Waals surface area contributed by atoms with Crippen LogP contribution in [0.5, 0.6) is 0 Å². The number of nitrogens with zero attached hydrogens (tertiary/aromatic N) is 2. The normalized spacial score (nSPS) is 12.3. The summed E-state index contributed by atoms with van der Waals surface area (Å²) in [6.45, 7) is 3.23. The number of methoxy groups -OCH3 is 1. The minimum absolute atomic E-state index is 0.00986. The number of hydrogen-bond donors (Lipinski definition) is 2. The van der Waals surface area contributed by atoms with Crippen molar-refractivity contribution in [3.05, 3.63) is 22.7 Å². The van der Waals surface area contributed by atoms with Gasteiger partial charge in [-0.25, -0.2) is 9.78 Å². The molecule has 18 heavy (non-hydrogen) atoms. The molecule has 100 valence electrons. The van der Waals surface area contributed by atoms with Crippen LogP contribution in [0.4, 0.5) is 5.82 Å². The summed E-state index contributed by atoms with van der Waals surface area (Å²) in [7, 11) is 1.21. The molecular weight excluding hydrogens is 238 g/mol. The molecule has 0 aliphatic rings. The third kappa shape index (κ3) is 3.07. The van der Waals surface area contributed by atoms with E-state index in [2.05, 4.69) is 15.0 Å². The number of esters is 1. The Hall–Kier alpha value is -1.89. The fourth-order valence-corrected chi connectivity index (χ4v) is 1.42. The fourth-order valence-electron chi connectivity index (χ4n) is 1.42. The molecule has 2 N–H and O–H groups in total. The van der Waals surface area contributed by atoms with Crippen molar-refractivity contribution in [2.45, 2.75) is 25.9 Å². The van der Waals surface area contributed by atoms with Gasteiger partial charge in [0.25, 0.3) is 5.56 Å². The van der Waals surface area contributed by atoms with Crippen LogP contribution in [0, 0.1) is 0 Å². The molecule has 0 saturated carbocycles. The van der Waals surface area contributed by atoms with Gasteiger partial charge in [-0.05, 0) is 13.8 Å². The summed E-state index contributed by atoms with van der Waals surface area (Å²) in [5.74, 6) is -0.644. The lowest BCUT2D eigenvalue weighted by Crippen LogP contribution is -2.37. The van der Waals surface area contributed by atoms with Crippen molar-refractivity contribution in [2.24, 2.45) is 0 Å². The second-order valence-electron chi connectivity index (χ2n) is 3.98. The maximum atomic E-state index is 12.0. The van der Waals surface area contributed by atoms with Crippen LogP contribution >= 0.6 is 0 Å². The highest BCUT2D eigenvalue weighted by Gasteiger charge is 2.20. The molecule has 0 spiro atoms. The van der Waals surface area contributed by atoms with Gasteiger partial charge in [-0.3, -0.25) is 4.79 Å². The van der Waals surface area contributed by atoms with Crippen molar-refractivity contribution in [1.82, 2.24) is 9.55 Å². The zero-order valence-electron chi connectivity index (χ0n) is 10.6. The minimum Gasteiger partial charge on any atom is -0.467 e. The molecule has 0 radical (unpaired) electrons. The summed E-state index contributed by atoms with van der Waals surface area (Å²) in [5.41, 5.74) is -0.352. The third-order valence-corrected chi connectivity index (χ3v) is 2.40. The monoisotopic (exact) mass is 255 g/mol. The third-order valence-electron chi connectivity index (χ3n) is 2.40. The Bertz CT molecular complexity index is 470. The molecule has 0 aliphatic heterocycles. The van der Waals surface area contributed by atoms with Gasteiger partial charge in [0.05, 0.1) is 13.7 Å². The lowest BCUT2D eigenvalue weighted by Gasteiger charge is -2.15. The molecule has 1 unspecified atom stereocenters. The number of rotatable bonds is 5. The summed E-state index contributed by atoms with van der Waals surface area (Å²) < 4.78 is 5.97. The first-order valence-corrected chi connectivity index (χ1v) is 5.53. The number of aliphatic hydroxyl groups excluding tert-OH is 1. The van der Waals surface area contributed by atoms with Crippen molar-refractivity contribution < 1.29 is 14.6 Å². The average molecular weight is 255 g/mol. The van der Waals surface area contributed by atoms with Crippen LogP contribution in [-0.2, 0) is 9.53 Å². The largest absolute Gasteiger partial charge is 0.467 e. The van der Waals surface area contributed by atoms with E-state index in [0.717, 1.165) is 0 Å². The predicted octanol–water partition coefficient (Wildman–Crippen LogP) is -0.230. The van der Waals surface area contributed by atoms with E-state index in [0.29, 0.717) is 0 Å². The van der Waals surface area contributed by atoms with Crippen LogP contribution in [0.15, 0.2) is 17.2 Å². The minimum atomic E-state index is -1.00. The number of hydrogen-bond acceptors (Lipinski definition) is 6. The van der Waals surface area contributed by atoms with Crippen molar-refractivity contribution in [3.8, 4) is 0 Å². The molecule has 1 atom stereocenters. The van der Waals surface area contributed by atoms with Crippen LogP contribution in [0.1, 0.15) is 19.9 Å². The van der Waals surface area contributed by atoms with Crippen molar-refractivity contribution in [1.29, 1.82) is 0 Å². The van der Waals surface area contributed by atoms with Gasteiger partial charge >= 0.3 is 5.97 Å². The van der Waals surface area contributed by atoms with E-state index in [-0.39, 0.29) is 17.4 Å². The number of carbonyl (C=O) groups excluding carboxylic acids is 1. The predicted molar refractivity (Wildman–Crippen MR) is 65.4 cm³/mol. The smallest absolute Gasteiger partial charge is 0.330 e. The van der Waals surface area contributed by atoms with Gasteiger partial charge in [0.2, 0.25) is 0 Å². The van der Waals surface area contributed by atoms with E-state index in [1.807, 2.05) is 13.8 Å². The average Bonchev–Trinajstić information content (AvgIpc) is 2.36. The van der Waals surface area contributed by atoms with Crippen molar-refractivity contribution in [3.63, 3.8) is 0 Å². The van der Waals surface area contributed by atoms with Gasteiger partial charge in [-0.2, -0.15) is 0 Å². The van der Waals surface area contributed by atoms with E-state index in [1.54, 1.807) is 6.20 Å². The molecule has 7 heteroatoms. The number of anilines is 1. The standard InChI is InChI=1S/C11H17N3O4/c1-7(2)14-5-4-12-9(10(14)16)13-8(6-15)11(17)18-3/h4-5,7-8,15H,6H2,1-3H3,(H,12,13). The van der Waals surface area contributed by atoms with Crippen LogP contribution in [0.2, 0.25) is 0 Å². The molecule has 1 heterocycles. The van der Waals surface area contributed by atoms with Crippen molar-refractivity contribution >= 4 is 11.8 Å². The molecule has 0 aliphatic carbocycles. The first-order valence-electron chi connectivity index (χ1n) is 5.53. The number of aliphatic hydroxyl groups is 1. The number of carbonyl (C=O) groups is 1. The summed E-state index contributed by atoms with van der Waals surface area (Å²) in [6.07, 6.45) is 3.01. The molecule has 7 nitrogen and oxygen atoms in total. The van der Waals surface area contributed by atoms with E-state index < -0.39 is 18.6 Å². The quantitative estimate of drug-likeness (QED) is 0.706. The van der Waals surface area contributed by atoms with Crippen molar-refractivity contribution in [2.75, 3.05) is 19.0 Å². The fraction of sp³-hybridized carbons (Fsp3) is 0.545. The maximum absolute atomic E-state index is 12.0. The van der Waals surface area contributed by atoms with E-state index in [1.165, 1.54) is 17.9 Å². The Morgan fingerprint density at radius 3 is 2.78 bits per heavy atom. The number of ether oxygens (including phenoxy) is 1. The van der Waals surface area contributed by atoms with E-state index in [4.69, 9.17) is 5.11 Å². The van der Waals surface area contributed by atoms with E-state index in [9.17, 15) is 9.59 Å². The van der Waals surface area contributed by atoms with Gasteiger partial charge < -0.3 is 19.7 Å². The lowest BCUT2D eigenvalue weighted by molar-refractivity contribution is -0.142. The zero-order valence-corrected chi connectivity index (χ0v) is 10.6. The maximum Gasteiger partial charge on any atom is 0.330 e. The first kappa shape index (κ1) is 14.2. The molecule has 1 aromatic heterocycles. The Kier molecular flexibility index (Phi) is 4.85. The SMILES string of the molecule is COC(=O)C(CO)Nc1nccn(C(C)C)c1=O. The Labute approximate surface area is 104 Å². The number of aromatic nitrogens is 2. The summed E-state index contributed by atoms with van der Waals surface area (Å²) in [4.78, 5) is 27.1. The van der Waals surface area contributed by atoms with Gasteiger partial charge in [0.15, 0.2) is 5.82 Å². The first-order chi connectivity index (χ1) is 8.51. The molecule has 0 aromatic carbocycles. The van der Waals surface area contributed by atoms with Crippen LogP contribution in [-0.4, -0.2) is 40.4 Å². The summed E-state index contributed by atoms with van der Waals surface area (Å²) in [6, 6.07) is -1.02. The van der Waals surface area contributed by atoms with E-state index >= 15 is 0 Å². The topological polar surface area (TPSA) is 93.4 Å².